The number of aliphatic hydroxyl groups is 1. The molecule has 2 unspecified atom stereocenters. The number of hydrogen-bond donors (Lipinski definition) is 1. The summed E-state index contributed by atoms with van der Waals surface area (Å²) in [6, 6.07) is 0. The fraction of sp³-hybridized carbons (Fsp3) is 0.900. The standard InChI is InChI=1S/C40H68O7/c1-8-42-20-22-44-31-25-29-13-14-32-34-16-15-33(28(3)24-30(41)27-38(4,5)47-37-12-10-11-19-46-37)39(34,6)18-17-35(32)40(29,7)36(26-31)45-23-21-43-9-2/h13-14,28,30-31,33-37,41H,8-12,15-27H2,1-7H3/t28-,30?,31-,33-,34+,35+,36+,37?,39-,40+/m1/s1. The lowest BCUT2D eigenvalue weighted by Crippen LogP contribution is -2.54. The van der Waals surface area contributed by atoms with Crippen LogP contribution in [0.15, 0.2) is 23.3 Å². The van der Waals surface area contributed by atoms with E-state index in [2.05, 4.69) is 46.8 Å². The minimum atomic E-state index is -0.400. The molecule has 0 aromatic carbocycles. The molecule has 5 rings (SSSR count). The summed E-state index contributed by atoms with van der Waals surface area (Å²) < 4.78 is 36.5. The maximum Gasteiger partial charge on any atom is 0.158 e. The molecule has 3 saturated carbocycles. The van der Waals surface area contributed by atoms with Gasteiger partial charge in [-0.2, -0.15) is 0 Å². The summed E-state index contributed by atoms with van der Waals surface area (Å²) in [6.45, 7) is 20.5. The third-order valence-corrected chi connectivity index (χ3v) is 12.9. The highest BCUT2D eigenvalue weighted by Crippen LogP contribution is 2.66. The Hall–Kier alpha value is -0.800. The Morgan fingerprint density at radius 3 is 2.38 bits per heavy atom. The molecule has 7 nitrogen and oxygen atoms in total. The van der Waals surface area contributed by atoms with Gasteiger partial charge in [0.25, 0.3) is 0 Å². The Morgan fingerprint density at radius 1 is 0.936 bits per heavy atom. The second-order valence-corrected chi connectivity index (χ2v) is 16.4. The van der Waals surface area contributed by atoms with E-state index in [4.69, 9.17) is 28.4 Å². The van der Waals surface area contributed by atoms with E-state index < -0.39 is 5.60 Å². The van der Waals surface area contributed by atoms with Gasteiger partial charge in [-0.3, -0.25) is 0 Å². The quantitative estimate of drug-likeness (QED) is 0.158. The van der Waals surface area contributed by atoms with Crippen molar-refractivity contribution in [2.45, 2.75) is 149 Å². The van der Waals surface area contributed by atoms with Crippen molar-refractivity contribution in [3.63, 3.8) is 0 Å². The fourth-order valence-corrected chi connectivity index (χ4v) is 10.6. The first-order chi connectivity index (χ1) is 22.5. The average Bonchev–Trinajstić information content (AvgIpc) is 3.39. The summed E-state index contributed by atoms with van der Waals surface area (Å²) in [4.78, 5) is 0. The summed E-state index contributed by atoms with van der Waals surface area (Å²) in [7, 11) is 0. The molecular formula is C40H68O7. The molecule has 1 aliphatic heterocycles. The summed E-state index contributed by atoms with van der Waals surface area (Å²) in [5, 5.41) is 11.3. The predicted molar refractivity (Wildman–Crippen MR) is 186 cm³/mol. The summed E-state index contributed by atoms with van der Waals surface area (Å²) in [6.07, 6.45) is 16.2. The van der Waals surface area contributed by atoms with E-state index in [-0.39, 0.29) is 35.4 Å². The molecule has 4 fully saturated rings. The van der Waals surface area contributed by atoms with E-state index in [0.717, 1.165) is 51.7 Å². The van der Waals surface area contributed by atoms with Crippen molar-refractivity contribution in [3.8, 4) is 0 Å². The lowest BCUT2D eigenvalue weighted by atomic mass is 9.49. The molecule has 4 aliphatic carbocycles. The van der Waals surface area contributed by atoms with Crippen molar-refractivity contribution in [2.24, 2.45) is 34.5 Å². The minimum Gasteiger partial charge on any atom is -0.393 e. The molecule has 5 aliphatic rings. The average molecular weight is 661 g/mol. The van der Waals surface area contributed by atoms with Gasteiger partial charge in [-0.05, 0) is 115 Å². The van der Waals surface area contributed by atoms with Crippen LogP contribution in [0.1, 0.15) is 119 Å². The number of fused-ring (bicyclic) bond motifs is 5. The van der Waals surface area contributed by atoms with Crippen LogP contribution in [0.4, 0.5) is 0 Å². The molecule has 1 saturated heterocycles. The molecule has 0 radical (unpaired) electrons. The van der Waals surface area contributed by atoms with Gasteiger partial charge in [-0.1, -0.05) is 44.1 Å². The number of rotatable bonds is 17. The molecule has 270 valence electrons. The van der Waals surface area contributed by atoms with Crippen molar-refractivity contribution in [3.05, 3.63) is 23.3 Å². The Bertz CT molecular complexity index is 1050. The van der Waals surface area contributed by atoms with E-state index in [0.29, 0.717) is 63.1 Å². The molecule has 0 amide bonds. The van der Waals surface area contributed by atoms with Crippen LogP contribution in [0.2, 0.25) is 0 Å². The van der Waals surface area contributed by atoms with Gasteiger partial charge in [0.2, 0.25) is 0 Å². The molecule has 47 heavy (non-hydrogen) atoms. The molecular weight excluding hydrogens is 592 g/mol. The summed E-state index contributed by atoms with van der Waals surface area (Å²) in [5.41, 5.74) is 3.00. The van der Waals surface area contributed by atoms with Gasteiger partial charge in [0.15, 0.2) is 6.29 Å². The van der Waals surface area contributed by atoms with E-state index in [1.807, 2.05) is 13.8 Å². The first-order valence-electron chi connectivity index (χ1n) is 19.3. The van der Waals surface area contributed by atoms with Crippen LogP contribution in [-0.2, 0) is 28.4 Å². The first-order valence-corrected chi connectivity index (χ1v) is 19.3. The highest BCUT2D eigenvalue weighted by molar-refractivity contribution is 5.40. The van der Waals surface area contributed by atoms with Gasteiger partial charge in [-0.15, -0.1) is 0 Å². The third-order valence-electron chi connectivity index (χ3n) is 12.9. The van der Waals surface area contributed by atoms with Crippen molar-refractivity contribution in [1.29, 1.82) is 0 Å². The molecule has 7 heteroatoms. The van der Waals surface area contributed by atoms with Gasteiger partial charge < -0.3 is 33.5 Å². The van der Waals surface area contributed by atoms with E-state index in [9.17, 15) is 5.11 Å². The predicted octanol–water partition coefficient (Wildman–Crippen LogP) is 8.04. The van der Waals surface area contributed by atoms with Crippen LogP contribution in [0.5, 0.6) is 0 Å². The van der Waals surface area contributed by atoms with Gasteiger partial charge in [-0.25, -0.2) is 0 Å². The van der Waals surface area contributed by atoms with Crippen LogP contribution in [0.3, 0.4) is 0 Å². The topological polar surface area (TPSA) is 75.6 Å². The lowest BCUT2D eigenvalue weighted by molar-refractivity contribution is -0.221. The molecule has 1 heterocycles. The number of aliphatic hydroxyl groups excluding tert-OH is 1. The normalized spacial score (nSPS) is 36.9. The summed E-state index contributed by atoms with van der Waals surface area (Å²) >= 11 is 0. The zero-order valence-electron chi connectivity index (χ0n) is 30.9. The highest BCUT2D eigenvalue weighted by atomic mass is 16.7. The number of allylic oxidation sites excluding steroid dienone is 3. The molecule has 10 atom stereocenters. The van der Waals surface area contributed by atoms with Crippen LogP contribution in [-0.4, -0.2) is 81.6 Å². The number of hydrogen-bond acceptors (Lipinski definition) is 7. The van der Waals surface area contributed by atoms with E-state index in [1.165, 1.54) is 31.3 Å². The second-order valence-electron chi connectivity index (χ2n) is 16.4. The fourth-order valence-electron chi connectivity index (χ4n) is 10.6. The molecule has 0 aromatic heterocycles. The smallest absolute Gasteiger partial charge is 0.158 e. The third kappa shape index (κ3) is 8.57. The molecule has 1 N–H and O–H groups in total. The second kappa shape index (κ2) is 16.5. The largest absolute Gasteiger partial charge is 0.393 e. The Labute approximate surface area is 286 Å². The van der Waals surface area contributed by atoms with Crippen LogP contribution in [0, 0.1) is 34.5 Å². The van der Waals surface area contributed by atoms with Gasteiger partial charge in [0.1, 0.15) is 0 Å². The zero-order valence-corrected chi connectivity index (χ0v) is 30.9. The van der Waals surface area contributed by atoms with Gasteiger partial charge in [0.05, 0.1) is 50.3 Å². The Kier molecular flexibility index (Phi) is 13.1. The van der Waals surface area contributed by atoms with Crippen molar-refractivity contribution >= 4 is 0 Å². The lowest BCUT2D eigenvalue weighted by Gasteiger charge is -2.57. The first kappa shape index (κ1) is 37.5. The van der Waals surface area contributed by atoms with Crippen molar-refractivity contribution in [2.75, 3.05) is 46.2 Å². The number of ether oxygens (including phenoxy) is 6. The van der Waals surface area contributed by atoms with Gasteiger partial charge >= 0.3 is 0 Å². The SMILES string of the molecule is CCOCCO[C@@H]1CC2=CC=C3[C@@H]4CC[C@H]([C@H](C)CC(O)CC(C)(C)OC5CCCCO5)[C@@]4(C)CC[C@@H]3[C@@]2(C)[C@@H](OCCOCC)C1. The molecule has 0 spiro atoms. The molecule has 0 aromatic rings. The summed E-state index contributed by atoms with van der Waals surface area (Å²) in [5.74, 6) is 2.17. The zero-order chi connectivity index (χ0) is 33.7. The highest BCUT2D eigenvalue weighted by Gasteiger charge is 2.59. The van der Waals surface area contributed by atoms with Crippen molar-refractivity contribution in [1.82, 2.24) is 0 Å². The van der Waals surface area contributed by atoms with Gasteiger partial charge in [0, 0.05) is 38.1 Å². The monoisotopic (exact) mass is 660 g/mol. The molecule has 0 bridgehead atoms. The van der Waals surface area contributed by atoms with Crippen molar-refractivity contribution < 1.29 is 33.5 Å². The van der Waals surface area contributed by atoms with Crippen LogP contribution >= 0.6 is 0 Å². The maximum atomic E-state index is 11.3. The Morgan fingerprint density at radius 2 is 1.68 bits per heavy atom. The minimum absolute atomic E-state index is 0.0229. The Balaban J connectivity index is 1.26. The van der Waals surface area contributed by atoms with Crippen LogP contribution in [0.25, 0.3) is 0 Å². The van der Waals surface area contributed by atoms with E-state index in [1.54, 1.807) is 5.57 Å². The van der Waals surface area contributed by atoms with E-state index >= 15 is 0 Å². The maximum absolute atomic E-state index is 11.3. The van der Waals surface area contributed by atoms with Crippen LogP contribution < -0.4 is 0 Å².